The van der Waals surface area contributed by atoms with Gasteiger partial charge in [-0.3, -0.25) is 9.59 Å². The number of aromatic nitrogens is 1. The van der Waals surface area contributed by atoms with Crippen molar-refractivity contribution in [1.82, 2.24) is 14.8 Å². The summed E-state index contributed by atoms with van der Waals surface area (Å²) in [5.74, 6) is -0.727. The lowest BCUT2D eigenvalue weighted by Gasteiger charge is -2.34. The van der Waals surface area contributed by atoms with E-state index in [1.165, 1.54) is 17.4 Å². The first-order valence-corrected chi connectivity index (χ1v) is 9.36. The molecule has 1 aromatic heterocycles. The molecule has 2 heterocycles. The number of hydrogen-bond acceptors (Lipinski definition) is 5. The second-order valence-corrected chi connectivity index (χ2v) is 7.16. The number of benzene rings is 1. The maximum atomic E-state index is 13.7. The molecule has 0 spiro atoms. The summed E-state index contributed by atoms with van der Waals surface area (Å²) < 4.78 is 13.7. The van der Waals surface area contributed by atoms with E-state index in [-0.39, 0.29) is 30.0 Å². The Morgan fingerprint density at radius 1 is 1.19 bits per heavy atom. The average Bonchev–Trinajstić information content (AvgIpc) is 3.12. The van der Waals surface area contributed by atoms with E-state index in [0.29, 0.717) is 56.0 Å². The molecule has 1 saturated heterocycles. The summed E-state index contributed by atoms with van der Waals surface area (Å²) in [5.41, 5.74) is 6.78. The molecule has 1 fully saturated rings. The second kappa shape index (κ2) is 9.25. The molecule has 3 rings (SSSR count). The molecule has 0 radical (unpaired) electrons. The van der Waals surface area contributed by atoms with Crippen LogP contribution in [0.25, 0.3) is 0 Å². The Balaban J connectivity index is 0.00000261. The van der Waals surface area contributed by atoms with Crippen molar-refractivity contribution in [2.45, 2.75) is 13.3 Å². The zero-order valence-electron chi connectivity index (χ0n) is 15.0. The van der Waals surface area contributed by atoms with Crippen LogP contribution >= 0.6 is 23.7 Å². The number of piperazine rings is 1. The fourth-order valence-corrected chi connectivity index (χ4v) is 3.62. The van der Waals surface area contributed by atoms with Crippen LogP contribution in [0.1, 0.15) is 31.4 Å². The lowest BCUT2D eigenvalue weighted by molar-refractivity contribution is 0.0532. The molecule has 0 aliphatic carbocycles. The Hall–Kier alpha value is -2.03. The summed E-state index contributed by atoms with van der Waals surface area (Å²) in [6, 6.07) is 4.50. The number of thiazole rings is 1. The van der Waals surface area contributed by atoms with Gasteiger partial charge in [0.2, 0.25) is 0 Å². The first-order chi connectivity index (χ1) is 12.5. The highest BCUT2D eigenvalue weighted by Crippen LogP contribution is 2.16. The van der Waals surface area contributed by atoms with E-state index in [4.69, 9.17) is 5.73 Å². The van der Waals surface area contributed by atoms with E-state index in [9.17, 15) is 14.0 Å². The Labute approximate surface area is 167 Å². The molecule has 146 valence electrons. The highest BCUT2D eigenvalue weighted by Gasteiger charge is 2.26. The number of carbonyl (C=O) groups is 2. The van der Waals surface area contributed by atoms with Crippen LogP contribution in [0.2, 0.25) is 0 Å². The smallest absolute Gasteiger partial charge is 0.273 e. The highest BCUT2D eigenvalue weighted by molar-refractivity contribution is 7.09. The lowest BCUT2D eigenvalue weighted by Crippen LogP contribution is -2.50. The van der Waals surface area contributed by atoms with E-state index < -0.39 is 0 Å². The zero-order chi connectivity index (χ0) is 18.7. The van der Waals surface area contributed by atoms with E-state index >= 15 is 0 Å². The SMILES string of the molecule is Cc1ccc(C(=O)N2CCN(C(=O)c3csc(CCN)n3)CC2)cc1F.Cl. The molecule has 0 saturated carbocycles. The predicted molar refractivity (Wildman–Crippen MR) is 105 cm³/mol. The van der Waals surface area contributed by atoms with E-state index in [0.717, 1.165) is 5.01 Å². The molecule has 2 aromatic rings. The molecule has 27 heavy (non-hydrogen) atoms. The van der Waals surface area contributed by atoms with Gasteiger partial charge in [-0.2, -0.15) is 0 Å². The van der Waals surface area contributed by atoms with Gasteiger partial charge in [0.1, 0.15) is 11.5 Å². The molecule has 0 unspecified atom stereocenters. The minimum Gasteiger partial charge on any atom is -0.335 e. The van der Waals surface area contributed by atoms with Crippen molar-refractivity contribution in [3.8, 4) is 0 Å². The molecule has 2 N–H and O–H groups in total. The Morgan fingerprint density at radius 2 is 1.81 bits per heavy atom. The maximum Gasteiger partial charge on any atom is 0.273 e. The van der Waals surface area contributed by atoms with Gasteiger partial charge in [-0.05, 0) is 31.2 Å². The van der Waals surface area contributed by atoms with Crippen LogP contribution < -0.4 is 5.73 Å². The van der Waals surface area contributed by atoms with Gasteiger partial charge >= 0.3 is 0 Å². The number of aryl methyl sites for hydroxylation is 1. The maximum absolute atomic E-state index is 13.7. The highest BCUT2D eigenvalue weighted by atomic mass is 35.5. The van der Waals surface area contributed by atoms with Crippen LogP contribution in [0.4, 0.5) is 4.39 Å². The number of carbonyl (C=O) groups excluding carboxylic acids is 2. The number of nitrogens with two attached hydrogens (primary N) is 1. The van der Waals surface area contributed by atoms with Crippen molar-refractivity contribution >= 4 is 35.6 Å². The molecule has 1 aromatic carbocycles. The molecule has 6 nitrogen and oxygen atoms in total. The first-order valence-electron chi connectivity index (χ1n) is 8.48. The second-order valence-electron chi connectivity index (χ2n) is 6.21. The average molecular weight is 413 g/mol. The van der Waals surface area contributed by atoms with Crippen molar-refractivity contribution in [2.24, 2.45) is 5.73 Å². The summed E-state index contributed by atoms with van der Waals surface area (Å²) in [4.78, 5) is 32.7. The largest absolute Gasteiger partial charge is 0.335 e. The number of halogens is 2. The summed E-state index contributed by atoms with van der Waals surface area (Å²) in [6.07, 6.45) is 0.660. The minimum absolute atomic E-state index is 0. The topological polar surface area (TPSA) is 79.5 Å². The number of rotatable bonds is 4. The van der Waals surface area contributed by atoms with Crippen molar-refractivity contribution in [1.29, 1.82) is 0 Å². The van der Waals surface area contributed by atoms with Gasteiger partial charge in [0.25, 0.3) is 11.8 Å². The van der Waals surface area contributed by atoms with Gasteiger partial charge in [0, 0.05) is 43.5 Å². The van der Waals surface area contributed by atoms with Crippen molar-refractivity contribution in [2.75, 3.05) is 32.7 Å². The fraction of sp³-hybridized carbons (Fsp3) is 0.389. The van der Waals surface area contributed by atoms with Crippen LogP contribution in [0.3, 0.4) is 0 Å². The first kappa shape index (κ1) is 21.3. The van der Waals surface area contributed by atoms with E-state index in [1.54, 1.807) is 34.2 Å². The van der Waals surface area contributed by atoms with Gasteiger partial charge in [-0.1, -0.05) is 6.07 Å². The quantitative estimate of drug-likeness (QED) is 0.834. The van der Waals surface area contributed by atoms with Crippen LogP contribution in [-0.2, 0) is 6.42 Å². The van der Waals surface area contributed by atoms with Crippen LogP contribution in [0.5, 0.6) is 0 Å². The predicted octanol–water partition coefficient (Wildman–Crippen LogP) is 2.11. The number of hydrogen-bond donors (Lipinski definition) is 1. The monoisotopic (exact) mass is 412 g/mol. The lowest BCUT2D eigenvalue weighted by atomic mass is 10.1. The van der Waals surface area contributed by atoms with Crippen molar-refractivity contribution < 1.29 is 14.0 Å². The van der Waals surface area contributed by atoms with Gasteiger partial charge in [-0.25, -0.2) is 9.37 Å². The molecular weight excluding hydrogens is 391 g/mol. The molecule has 1 aliphatic rings. The van der Waals surface area contributed by atoms with Gasteiger partial charge in [0.15, 0.2) is 0 Å². The fourth-order valence-electron chi connectivity index (χ4n) is 2.83. The van der Waals surface area contributed by atoms with Crippen LogP contribution in [0, 0.1) is 12.7 Å². The van der Waals surface area contributed by atoms with Gasteiger partial charge < -0.3 is 15.5 Å². The van der Waals surface area contributed by atoms with Crippen LogP contribution in [0.15, 0.2) is 23.6 Å². The van der Waals surface area contributed by atoms with E-state index in [2.05, 4.69) is 4.98 Å². The normalized spacial score (nSPS) is 14.0. The summed E-state index contributed by atoms with van der Waals surface area (Å²) in [7, 11) is 0. The molecular formula is C18H22ClFN4O2S. The van der Waals surface area contributed by atoms with Gasteiger partial charge in [0.05, 0.1) is 5.01 Å². The molecule has 0 atom stereocenters. The molecule has 2 amide bonds. The third-order valence-electron chi connectivity index (χ3n) is 4.40. The standard InChI is InChI=1S/C18H21FN4O2S.ClH/c1-12-2-3-13(10-14(12)19)17(24)22-6-8-23(9-7-22)18(25)15-11-26-16(21-15)4-5-20;/h2-3,10-11H,4-9,20H2,1H3;1H. The third kappa shape index (κ3) is 4.82. The minimum atomic E-state index is -0.388. The Bertz CT molecular complexity index is 821. The molecule has 0 bridgehead atoms. The van der Waals surface area contributed by atoms with Crippen molar-refractivity contribution in [3.05, 3.63) is 51.2 Å². The number of amides is 2. The molecule has 1 aliphatic heterocycles. The number of nitrogens with zero attached hydrogens (tertiary/aromatic N) is 3. The van der Waals surface area contributed by atoms with Gasteiger partial charge in [-0.15, -0.1) is 23.7 Å². The Kier molecular flexibility index (Phi) is 7.29. The summed E-state index contributed by atoms with van der Waals surface area (Å²) in [5, 5.41) is 2.60. The third-order valence-corrected chi connectivity index (χ3v) is 5.31. The zero-order valence-corrected chi connectivity index (χ0v) is 16.6. The molecule has 9 heteroatoms. The Morgan fingerprint density at radius 3 is 2.41 bits per heavy atom. The van der Waals surface area contributed by atoms with Crippen LogP contribution in [-0.4, -0.2) is 59.3 Å². The summed E-state index contributed by atoms with van der Waals surface area (Å²) >= 11 is 1.43. The van der Waals surface area contributed by atoms with E-state index in [1.807, 2.05) is 0 Å². The summed E-state index contributed by atoms with van der Waals surface area (Å²) in [6.45, 7) is 3.86. The van der Waals surface area contributed by atoms with Crippen molar-refractivity contribution in [3.63, 3.8) is 0 Å².